The normalized spacial score (nSPS) is 15.7. The van der Waals surface area contributed by atoms with E-state index in [1.165, 1.54) is 16.3 Å². The minimum Gasteiger partial charge on any atom is -0.497 e. The van der Waals surface area contributed by atoms with Crippen LogP contribution in [0.1, 0.15) is 24.8 Å². The Morgan fingerprint density at radius 2 is 1.83 bits per heavy atom. The number of nitrogens with one attached hydrogen (secondary N) is 1. The number of methoxy groups -OCH3 is 2. The monoisotopic (exact) mass is 399 g/mol. The summed E-state index contributed by atoms with van der Waals surface area (Å²) in [6.07, 6.45) is 3.37. The van der Waals surface area contributed by atoms with Crippen LogP contribution in [0.5, 0.6) is 5.75 Å². The first-order valence-corrected chi connectivity index (χ1v) is 10.4. The van der Waals surface area contributed by atoms with Crippen LogP contribution in [0.4, 0.5) is 0 Å². The summed E-state index contributed by atoms with van der Waals surface area (Å²) in [5.41, 5.74) is 1.24. The minimum absolute atomic E-state index is 0.346. The van der Waals surface area contributed by atoms with Crippen molar-refractivity contribution >= 4 is 16.7 Å². The number of rotatable bonds is 8. The molecular formula is C23H33N3O3. The second-order valence-electron chi connectivity index (χ2n) is 7.35. The van der Waals surface area contributed by atoms with Crippen molar-refractivity contribution < 1.29 is 14.2 Å². The molecule has 1 heterocycles. The van der Waals surface area contributed by atoms with Crippen LogP contribution in [0.25, 0.3) is 10.8 Å². The molecular weight excluding hydrogens is 366 g/mol. The highest BCUT2D eigenvalue weighted by atomic mass is 16.5. The second kappa shape index (κ2) is 11.0. The van der Waals surface area contributed by atoms with Crippen molar-refractivity contribution in [2.75, 3.05) is 47.6 Å². The van der Waals surface area contributed by atoms with Gasteiger partial charge in [0, 0.05) is 47.0 Å². The Bertz CT molecular complexity index is 801. The van der Waals surface area contributed by atoms with Gasteiger partial charge >= 0.3 is 0 Å². The molecule has 0 aliphatic carbocycles. The van der Waals surface area contributed by atoms with E-state index in [0.29, 0.717) is 6.10 Å². The zero-order valence-corrected chi connectivity index (χ0v) is 17.8. The first-order chi connectivity index (χ1) is 14.2. The van der Waals surface area contributed by atoms with Gasteiger partial charge in [-0.05, 0) is 53.8 Å². The Kier molecular flexibility index (Phi) is 8.14. The number of hydrogen-bond acceptors (Lipinski definition) is 4. The smallest absolute Gasteiger partial charge is 0.193 e. The van der Waals surface area contributed by atoms with Crippen molar-refractivity contribution in [3.8, 4) is 5.75 Å². The maximum Gasteiger partial charge on any atom is 0.193 e. The van der Waals surface area contributed by atoms with Gasteiger partial charge in [-0.25, -0.2) is 0 Å². The van der Waals surface area contributed by atoms with Crippen LogP contribution >= 0.6 is 0 Å². The van der Waals surface area contributed by atoms with Gasteiger partial charge in [0.1, 0.15) is 5.75 Å². The van der Waals surface area contributed by atoms with Crippen LogP contribution in [0, 0.1) is 0 Å². The van der Waals surface area contributed by atoms with E-state index in [4.69, 9.17) is 14.2 Å². The molecule has 0 atom stereocenters. The molecule has 0 spiro atoms. The molecule has 0 unspecified atom stereocenters. The number of fused-ring (bicyclic) bond motifs is 1. The number of likely N-dealkylation sites (tertiary alicyclic amines) is 1. The Labute approximate surface area is 173 Å². The lowest BCUT2D eigenvalue weighted by molar-refractivity contribution is 0.00989. The summed E-state index contributed by atoms with van der Waals surface area (Å²) < 4.78 is 16.3. The quantitative estimate of drug-likeness (QED) is 0.419. The number of benzene rings is 2. The maximum absolute atomic E-state index is 5.96. The van der Waals surface area contributed by atoms with E-state index in [1.54, 1.807) is 14.2 Å². The standard InChI is InChI=1S/C23H33N3O3/c1-24-23(26-11-9-21(10-12-26)29-14-4-13-27-2)25-17-18-5-6-20-16-22(28-3)8-7-19(20)15-18/h5-8,15-16,21H,4,9-14,17H2,1-3H3,(H,24,25). The van der Waals surface area contributed by atoms with E-state index in [9.17, 15) is 0 Å². The van der Waals surface area contributed by atoms with Gasteiger partial charge < -0.3 is 24.4 Å². The molecule has 1 aliphatic rings. The number of aliphatic imine (C=N–C) groups is 1. The molecule has 158 valence electrons. The van der Waals surface area contributed by atoms with E-state index in [-0.39, 0.29) is 0 Å². The highest BCUT2D eigenvalue weighted by molar-refractivity contribution is 5.85. The van der Waals surface area contributed by atoms with Gasteiger partial charge in [-0.15, -0.1) is 0 Å². The largest absolute Gasteiger partial charge is 0.497 e. The van der Waals surface area contributed by atoms with Gasteiger partial charge in [0.05, 0.1) is 13.2 Å². The molecule has 6 heteroatoms. The van der Waals surface area contributed by atoms with E-state index in [2.05, 4.69) is 45.5 Å². The van der Waals surface area contributed by atoms with Crippen LogP contribution in [0.3, 0.4) is 0 Å². The predicted octanol–water partition coefficient (Wildman–Crippen LogP) is 3.44. The van der Waals surface area contributed by atoms with Crippen LogP contribution in [-0.2, 0) is 16.0 Å². The van der Waals surface area contributed by atoms with Crippen molar-refractivity contribution in [2.24, 2.45) is 4.99 Å². The fraction of sp³-hybridized carbons (Fsp3) is 0.522. The van der Waals surface area contributed by atoms with E-state index in [0.717, 1.165) is 63.8 Å². The average molecular weight is 400 g/mol. The Balaban J connectivity index is 1.49. The SMILES string of the molecule is CN=C(NCc1ccc2cc(OC)ccc2c1)N1CCC(OCCCOC)CC1. The van der Waals surface area contributed by atoms with Gasteiger partial charge in [-0.2, -0.15) is 0 Å². The molecule has 0 radical (unpaired) electrons. The Morgan fingerprint density at radius 3 is 2.55 bits per heavy atom. The Hall–Kier alpha value is -2.31. The first-order valence-electron chi connectivity index (χ1n) is 10.4. The summed E-state index contributed by atoms with van der Waals surface area (Å²) in [4.78, 5) is 6.80. The summed E-state index contributed by atoms with van der Waals surface area (Å²) in [5, 5.41) is 5.91. The van der Waals surface area contributed by atoms with E-state index in [1.807, 2.05) is 13.1 Å². The number of guanidine groups is 1. The van der Waals surface area contributed by atoms with Crippen LogP contribution in [0.15, 0.2) is 41.4 Å². The summed E-state index contributed by atoms with van der Waals surface area (Å²) in [5.74, 6) is 1.84. The van der Waals surface area contributed by atoms with Gasteiger partial charge in [-0.3, -0.25) is 4.99 Å². The summed E-state index contributed by atoms with van der Waals surface area (Å²) in [6.45, 7) is 4.22. The third-order valence-electron chi connectivity index (χ3n) is 5.36. The van der Waals surface area contributed by atoms with Crippen molar-refractivity contribution in [2.45, 2.75) is 31.9 Å². The fourth-order valence-electron chi connectivity index (χ4n) is 3.71. The van der Waals surface area contributed by atoms with E-state index < -0.39 is 0 Å². The minimum atomic E-state index is 0.346. The lowest BCUT2D eigenvalue weighted by Crippen LogP contribution is -2.46. The summed E-state index contributed by atoms with van der Waals surface area (Å²) in [6, 6.07) is 12.7. The van der Waals surface area contributed by atoms with Crippen LogP contribution in [-0.4, -0.2) is 64.5 Å². The molecule has 6 nitrogen and oxygen atoms in total. The van der Waals surface area contributed by atoms with Crippen LogP contribution < -0.4 is 10.1 Å². The van der Waals surface area contributed by atoms with Crippen molar-refractivity contribution in [1.82, 2.24) is 10.2 Å². The lowest BCUT2D eigenvalue weighted by Gasteiger charge is -2.34. The summed E-state index contributed by atoms with van der Waals surface area (Å²) in [7, 11) is 5.27. The highest BCUT2D eigenvalue weighted by Gasteiger charge is 2.21. The number of ether oxygens (including phenoxy) is 3. The van der Waals surface area contributed by atoms with Crippen molar-refractivity contribution in [1.29, 1.82) is 0 Å². The molecule has 1 fully saturated rings. The number of hydrogen-bond donors (Lipinski definition) is 1. The Morgan fingerprint density at radius 1 is 1.07 bits per heavy atom. The molecule has 1 N–H and O–H groups in total. The van der Waals surface area contributed by atoms with Crippen molar-refractivity contribution in [3.05, 3.63) is 42.0 Å². The van der Waals surface area contributed by atoms with E-state index >= 15 is 0 Å². The summed E-state index contributed by atoms with van der Waals surface area (Å²) >= 11 is 0. The molecule has 1 aliphatic heterocycles. The predicted molar refractivity (Wildman–Crippen MR) is 118 cm³/mol. The highest BCUT2D eigenvalue weighted by Crippen LogP contribution is 2.22. The zero-order valence-electron chi connectivity index (χ0n) is 17.8. The van der Waals surface area contributed by atoms with Crippen LogP contribution in [0.2, 0.25) is 0 Å². The molecule has 29 heavy (non-hydrogen) atoms. The lowest BCUT2D eigenvalue weighted by atomic mass is 10.1. The third kappa shape index (κ3) is 6.08. The molecule has 1 saturated heterocycles. The first kappa shape index (κ1) is 21.4. The molecule has 0 saturated carbocycles. The topological polar surface area (TPSA) is 55.3 Å². The zero-order chi connectivity index (χ0) is 20.5. The second-order valence-corrected chi connectivity index (χ2v) is 7.35. The number of nitrogens with zero attached hydrogens (tertiary/aromatic N) is 2. The van der Waals surface area contributed by atoms with Crippen molar-refractivity contribution in [3.63, 3.8) is 0 Å². The molecule has 2 aromatic rings. The number of piperidine rings is 1. The molecule has 2 aromatic carbocycles. The van der Waals surface area contributed by atoms with Gasteiger partial charge in [0.2, 0.25) is 0 Å². The molecule has 0 bridgehead atoms. The molecule has 3 rings (SSSR count). The maximum atomic E-state index is 5.96. The third-order valence-corrected chi connectivity index (χ3v) is 5.36. The average Bonchev–Trinajstić information content (AvgIpc) is 2.77. The molecule has 0 amide bonds. The van der Waals surface area contributed by atoms with Gasteiger partial charge in [0.15, 0.2) is 5.96 Å². The van der Waals surface area contributed by atoms with Gasteiger partial charge in [-0.1, -0.05) is 18.2 Å². The fourth-order valence-corrected chi connectivity index (χ4v) is 3.71. The van der Waals surface area contributed by atoms with Gasteiger partial charge in [0.25, 0.3) is 0 Å². The molecule has 0 aromatic heterocycles.